The van der Waals surface area contributed by atoms with E-state index in [2.05, 4.69) is 39.3 Å². The van der Waals surface area contributed by atoms with Crippen LogP contribution in [0.3, 0.4) is 0 Å². The van der Waals surface area contributed by atoms with Crippen LogP contribution < -0.4 is 9.91 Å². The van der Waals surface area contributed by atoms with E-state index < -0.39 is 0 Å². The molecule has 0 spiro atoms. The number of amidine groups is 1. The second kappa shape index (κ2) is 6.20. The van der Waals surface area contributed by atoms with Gasteiger partial charge in [-0.05, 0) is 35.9 Å². The predicted molar refractivity (Wildman–Crippen MR) is 96.0 cm³/mol. The van der Waals surface area contributed by atoms with E-state index in [-0.39, 0.29) is 5.92 Å². The molecule has 3 rings (SSSR count). The van der Waals surface area contributed by atoms with Crippen molar-refractivity contribution in [3.8, 4) is 0 Å². The van der Waals surface area contributed by atoms with Gasteiger partial charge in [0.1, 0.15) is 0 Å². The molecule has 1 heterocycles. The Kier molecular flexibility index (Phi) is 4.10. The van der Waals surface area contributed by atoms with Gasteiger partial charge in [0.2, 0.25) is 0 Å². The first-order chi connectivity index (χ1) is 11.1. The van der Waals surface area contributed by atoms with Crippen LogP contribution in [0, 0.1) is 0 Å². The molecule has 2 aromatic rings. The molecule has 0 amide bonds. The standard InChI is InChI=1S/C18H21N5/c1-13-16-7-5-6-8-17(16)23(4)21-18(13)20-19-14-9-11-15(12-10-14)22(2)3/h5-13H,1-4H3/t13-/m1/s1. The van der Waals surface area contributed by atoms with Crippen molar-refractivity contribution in [2.24, 2.45) is 15.3 Å². The lowest BCUT2D eigenvalue weighted by Crippen LogP contribution is -2.23. The van der Waals surface area contributed by atoms with Gasteiger partial charge in [0.05, 0.1) is 11.4 Å². The van der Waals surface area contributed by atoms with E-state index in [9.17, 15) is 0 Å². The molecular weight excluding hydrogens is 286 g/mol. The van der Waals surface area contributed by atoms with Crippen molar-refractivity contribution in [2.45, 2.75) is 12.8 Å². The van der Waals surface area contributed by atoms with E-state index in [0.29, 0.717) is 0 Å². The highest BCUT2D eigenvalue weighted by Gasteiger charge is 2.23. The van der Waals surface area contributed by atoms with Crippen LogP contribution in [0.5, 0.6) is 0 Å². The summed E-state index contributed by atoms with van der Waals surface area (Å²) in [5.74, 6) is 0.857. The summed E-state index contributed by atoms with van der Waals surface area (Å²) in [6, 6.07) is 16.2. The van der Waals surface area contributed by atoms with E-state index in [0.717, 1.165) is 22.9 Å². The summed E-state index contributed by atoms with van der Waals surface area (Å²) in [6.45, 7) is 2.11. The topological polar surface area (TPSA) is 43.6 Å². The maximum absolute atomic E-state index is 4.55. The van der Waals surface area contributed by atoms with Crippen molar-refractivity contribution in [3.63, 3.8) is 0 Å². The molecule has 1 atom stereocenters. The number of benzene rings is 2. The zero-order valence-corrected chi connectivity index (χ0v) is 13.9. The van der Waals surface area contributed by atoms with Crippen LogP contribution in [0.15, 0.2) is 63.9 Å². The fraction of sp³-hybridized carbons (Fsp3) is 0.278. The molecule has 0 N–H and O–H groups in total. The fourth-order valence-corrected chi connectivity index (χ4v) is 2.61. The molecule has 1 aliphatic rings. The monoisotopic (exact) mass is 307 g/mol. The van der Waals surface area contributed by atoms with Crippen LogP contribution in [-0.2, 0) is 0 Å². The number of anilines is 2. The number of hydrazone groups is 1. The third kappa shape index (κ3) is 3.08. The van der Waals surface area contributed by atoms with E-state index in [1.165, 1.54) is 5.56 Å². The highest BCUT2D eigenvalue weighted by atomic mass is 15.5. The number of hydrogen-bond donors (Lipinski definition) is 0. The Bertz CT molecular complexity index is 746. The van der Waals surface area contributed by atoms with Gasteiger partial charge in [-0.15, -0.1) is 10.2 Å². The van der Waals surface area contributed by atoms with E-state index in [1.54, 1.807) is 0 Å². The second-order valence-corrected chi connectivity index (χ2v) is 5.87. The molecule has 0 saturated heterocycles. The molecule has 118 valence electrons. The summed E-state index contributed by atoms with van der Waals surface area (Å²) in [5, 5.41) is 15.1. The third-order valence-corrected chi connectivity index (χ3v) is 4.03. The Hall–Kier alpha value is -2.69. The van der Waals surface area contributed by atoms with Gasteiger partial charge in [-0.3, -0.25) is 5.01 Å². The lowest BCUT2D eigenvalue weighted by molar-refractivity contribution is 0.875. The Morgan fingerprint density at radius 1 is 1.00 bits per heavy atom. The highest BCUT2D eigenvalue weighted by Crippen LogP contribution is 2.33. The second-order valence-electron chi connectivity index (χ2n) is 5.87. The van der Waals surface area contributed by atoms with Crippen molar-refractivity contribution in [1.29, 1.82) is 0 Å². The lowest BCUT2D eigenvalue weighted by atomic mass is 9.97. The molecule has 5 heteroatoms. The molecule has 0 saturated carbocycles. The summed E-state index contributed by atoms with van der Waals surface area (Å²) >= 11 is 0. The lowest BCUT2D eigenvalue weighted by Gasteiger charge is -2.26. The summed E-state index contributed by atoms with van der Waals surface area (Å²) in [4.78, 5) is 2.06. The van der Waals surface area contributed by atoms with Crippen LogP contribution >= 0.6 is 0 Å². The maximum Gasteiger partial charge on any atom is 0.178 e. The molecule has 0 fully saturated rings. The minimum Gasteiger partial charge on any atom is -0.378 e. The Labute approximate surface area is 137 Å². The van der Waals surface area contributed by atoms with E-state index >= 15 is 0 Å². The largest absolute Gasteiger partial charge is 0.378 e. The van der Waals surface area contributed by atoms with Crippen LogP contribution in [0.4, 0.5) is 17.1 Å². The van der Waals surface area contributed by atoms with Crippen LogP contribution in [0.2, 0.25) is 0 Å². The number of rotatable bonds is 2. The average molecular weight is 307 g/mol. The molecule has 0 bridgehead atoms. The number of hydrogen-bond acceptors (Lipinski definition) is 5. The van der Waals surface area contributed by atoms with Gasteiger partial charge < -0.3 is 4.90 Å². The zero-order chi connectivity index (χ0) is 16.4. The Morgan fingerprint density at radius 3 is 2.39 bits per heavy atom. The summed E-state index contributed by atoms with van der Waals surface area (Å²) in [5.41, 5.74) is 4.31. The van der Waals surface area contributed by atoms with Gasteiger partial charge in [0.15, 0.2) is 5.84 Å². The van der Waals surface area contributed by atoms with Crippen molar-refractivity contribution >= 4 is 22.9 Å². The highest BCUT2D eigenvalue weighted by molar-refractivity contribution is 5.93. The minimum absolute atomic E-state index is 0.132. The number of fused-ring (bicyclic) bond motifs is 1. The molecule has 1 aliphatic heterocycles. The first-order valence-electron chi connectivity index (χ1n) is 7.66. The maximum atomic E-state index is 4.55. The predicted octanol–water partition coefficient (Wildman–Crippen LogP) is 4.40. The summed E-state index contributed by atoms with van der Waals surface area (Å²) in [7, 11) is 5.97. The number of azo groups is 1. The van der Waals surface area contributed by atoms with Gasteiger partial charge >= 0.3 is 0 Å². The zero-order valence-electron chi connectivity index (χ0n) is 13.9. The van der Waals surface area contributed by atoms with Crippen molar-refractivity contribution in [1.82, 2.24) is 0 Å². The van der Waals surface area contributed by atoms with Gasteiger partial charge in [-0.2, -0.15) is 5.10 Å². The molecule has 0 unspecified atom stereocenters. The van der Waals surface area contributed by atoms with Crippen LogP contribution in [0.1, 0.15) is 18.4 Å². The molecule has 0 aromatic heterocycles. The Balaban J connectivity index is 1.83. The molecule has 5 nitrogen and oxygen atoms in total. The quantitative estimate of drug-likeness (QED) is 0.772. The third-order valence-electron chi connectivity index (χ3n) is 4.03. The number of para-hydroxylation sites is 1. The fourth-order valence-electron chi connectivity index (χ4n) is 2.61. The van der Waals surface area contributed by atoms with Gasteiger partial charge in [0.25, 0.3) is 0 Å². The smallest absolute Gasteiger partial charge is 0.178 e. The molecule has 0 aliphatic carbocycles. The summed E-state index contributed by atoms with van der Waals surface area (Å²) < 4.78 is 0. The Morgan fingerprint density at radius 2 is 1.70 bits per heavy atom. The van der Waals surface area contributed by atoms with Gasteiger partial charge in [0, 0.05) is 32.7 Å². The summed E-state index contributed by atoms with van der Waals surface area (Å²) in [6.07, 6.45) is 0. The minimum atomic E-state index is 0.132. The average Bonchev–Trinajstić information content (AvgIpc) is 2.57. The van der Waals surface area contributed by atoms with Gasteiger partial charge in [-0.25, -0.2) is 0 Å². The molecule has 0 radical (unpaired) electrons. The van der Waals surface area contributed by atoms with Gasteiger partial charge in [-0.1, -0.05) is 25.1 Å². The van der Waals surface area contributed by atoms with Crippen molar-refractivity contribution in [2.75, 3.05) is 31.1 Å². The first-order valence-corrected chi connectivity index (χ1v) is 7.66. The molecular formula is C18H21N5. The van der Waals surface area contributed by atoms with Crippen molar-refractivity contribution in [3.05, 3.63) is 54.1 Å². The van der Waals surface area contributed by atoms with Crippen molar-refractivity contribution < 1.29 is 0 Å². The van der Waals surface area contributed by atoms with E-state index in [1.807, 2.05) is 62.6 Å². The normalized spacial score (nSPS) is 17.1. The SMILES string of the molecule is C[C@H]1C(N=Nc2ccc(N(C)C)cc2)=NN(C)c2ccccc21. The molecule has 2 aromatic carbocycles. The van der Waals surface area contributed by atoms with Crippen LogP contribution in [0.25, 0.3) is 0 Å². The van der Waals surface area contributed by atoms with E-state index in [4.69, 9.17) is 0 Å². The number of nitrogens with zero attached hydrogens (tertiary/aromatic N) is 5. The molecule has 23 heavy (non-hydrogen) atoms. The first kappa shape index (κ1) is 15.2. The van der Waals surface area contributed by atoms with Crippen LogP contribution in [-0.4, -0.2) is 27.0 Å².